The van der Waals surface area contributed by atoms with E-state index < -0.39 is 11.8 Å². The number of hydrogen-bond acceptors (Lipinski definition) is 6. The van der Waals surface area contributed by atoms with Gasteiger partial charge in [-0.1, -0.05) is 29.4 Å². The van der Waals surface area contributed by atoms with Crippen LogP contribution in [-0.2, 0) is 9.53 Å². The summed E-state index contributed by atoms with van der Waals surface area (Å²) in [5.41, 5.74) is 2.46. The molecule has 0 aromatic heterocycles. The summed E-state index contributed by atoms with van der Waals surface area (Å²) in [7, 11) is 0. The molecule has 0 bridgehead atoms. The maximum atomic E-state index is 13.6. The Morgan fingerprint density at radius 3 is 2.92 bits per heavy atom. The van der Waals surface area contributed by atoms with Gasteiger partial charge in [-0.05, 0) is 25.3 Å². The van der Waals surface area contributed by atoms with E-state index in [1.807, 2.05) is 0 Å². The molecular weight excluding hydrogens is 355 g/mol. The molecule has 126 valence electrons. The van der Waals surface area contributed by atoms with Crippen molar-refractivity contribution in [1.29, 1.82) is 5.26 Å². The van der Waals surface area contributed by atoms with E-state index in [-0.39, 0.29) is 27.9 Å². The highest BCUT2D eigenvalue weighted by molar-refractivity contribution is 8.13. The number of carbonyl (C=O) groups excluding carboxylic acids is 1. The van der Waals surface area contributed by atoms with E-state index in [0.29, 0.717) is 0 Å². The first kappa shape index (κ1) is 19.7. The molecule has 6 nitrogen and oxygen atoms in total. The second-order valence-electron chi connectivity index (χ2n) is 4.02. The lowest BCUT2D eigenvalue weighted by Gasteiger charge is -2.02. The molecule has 0 aliphatic carbocycles. The summed E-state index contributed by atoms with van der Waals surface area (Å²) < 4.78 is 18.3. The van der Waals surface area contributed by atoms with Gasteiger partial charge < -0.3 is 4.74 Å². The fourth-order valence-electron chi connectivity index (χ4n) is 1.37. The molecular formula is C15H14ClFN4O2S. The van der Waals surface area contributed by atoms with Crippen molar-refractivity contribution in [3.8, 4) is 6.07 Å². The Morgan fingerprint density at radius 1 is 1.58 bits per heavy atom. The number of ether oxygens (including phenoxy) is 1. The zero-order chi connectivity index (χ0) is 17.9. The molecule has 1 N–H and O–H groups in total. The predicted octanol–water partition coefficient (Wildman–Crippen LogP) is 3.09. The van der Waals surface area contributed by atoms with E-state index in [1.54, 1.807) is 19.2 Å². The van der Waals surface area contributed by atoms with Crippen molar-refractivity contribution >= 4 is 40.7 Å². The molecule has 0 aliphatic rings. The Bertz CT molecular complexity index is 708. The Labute approximate surface area is 148 Å². The molecule has 0 amide bonds. The Balaban J connectivity index is 2.85. The molecule has 1 aromatic rings. The van der Waals surface area contributed by atoms with Crippen LogP contribution in [0.1, 0.15) is 12.5 Å². The SMILES string of the molecule is CCOC(=O)C(C#N)=CN=C(NN=Cc1c(F)cccc1Cl)SC. The number of nitrogens with zero attached hydrogens (tertiary/aromatic N) is 3. The zero-order valence-corrected chi connectivity index (χ0v) is 14.5. The second kappa shape index (κ2) is 10.4. The molecule has 1 rings (SSSR count). The van der Waals surface area contributed by atoms with Gasteiger partial charge in [0.25, 0.3) is 0 Å². The van der Waals surface area contributed by atoms with Crippen LogP contribution in [-0.4, -0.2) is 30.2 Å². The number of esters is 1. The monoisotopic (exact) mass is 368 g/mol. The standard InChI is InChI=1S/C15H14ClFN4O2S/c1-3-23-14(22)10(7-18)8-19-15(24-2)21-20-9-11-12(16)5-4-6-13(11)17/h4-6,8-9H,3H2,1-2H3,(H,19,21). The quantitative estimate of drug-likeness (QED) is 0.215. The van der Waals surface area contributed by atoms with Gasteiger partial charge in [0.2, 0.25) is 0 Å². The van der Waals surface area contributed by atoms with Gasteiger partial charge in [-0.2, -0.15) is 10.4 Å². The van der Waals surface area contributed by atoms with E-state index >= 15 is 0 Å². The lowest BCUT2D eigenvalue weighted by atomic mass is 10.2. The average Bonchev–Trinajstić information content (AvgIpc) is 2.56. The fourth-order valence-corrected chi connectivity index (χ4v) is 1.89. The van der Waals surface area contributed by atoms with Gasteiger partial charge in [-0.25, -0.2) is 14.2 Å². The first-order valence-corrected chi connectivity index (χ1v) is 8.26. The van der Waals surface area contributed by atoms with Crippen molar-refractivity contribution in [3.05, 3.63) is 46.4 Å². The van der Waals surface area contributed by atoms with Crippen molar-refractivity contribution in [1.82, 2.24) is 5.43 Å². The molecule has 0 aliphatic heterocycles. The van der Waals surface area contributed by atoms with Crippen molar-refractivity contribution in [2.45, 2.75) is 6.92 Å². The summed E-state index contributed by atoms with van der Waals surface area (Å²) >= 11 is 7.06. The third-order valence-electron chi connectivity index (χ3n) is 2.47. The van der Waals surface area contributed by atoms with Crippen LogP contribution in [0.15, 0.2) is 40.1 Å². The summed E-state index contributed by atoms with van der Waals surface area (Å²) in [5, 5.41) is 13.2. The van der Waals surface area contributed by atoms with Crippen molar-refractivity contribution < 1.29 is 13.9 Å². The maximum Gasteiger partial charge on any atom is 0.350 e. The molecule has 0 saturated carbocycles. The lowest BCUT2D eigenvalue weighted by molar-refractivity contribution is -0.138. The fraction of sp³-hybridized carbons (Fsp3) is 0.200. The molecule has 0 heterocycles. The maximum absolute atomic E-state index is 13.6. The number of halogens is 2. The van der Waals surface area contributed by atoms with Crippen LogP contribution in [0, 0.1) is 17.1 Å². The number of nitriles is 1. The van der Waals surface area contributed by atoms with Crippen LogP contribution < -0.4 is 5.43 Å². The van der Waals surface area contributed by atoms with E-state index in [9.17, 15) is 9.18 Å². The minimum Gasteiger partial charge on any atom is -0.462 e. The van der Waals surface area contributed by atoms with Gasteiger partial charge in [-0.3, -0.25) is 5.43 Å². The van der Waals surface area contributed by atoms with Gasteiger partial charge >= 0.3 is 5.97 Å². The Hall–Kier alpha value is -2.37. The van der Waals surface area contributed by atoms with Crippen LogP contribution in [0.3, 0.4) is 0 Å². The molecule has 0 fully saturated rings. The van der Waals surface area contributed by atoms with E-state index in [1.165, 1.54) is 36.2 Å². The first-order chi connectivity index (χ1) is 11.5. The van der Waals surface area contributed by atoms with Gasteiger partial charge in [0.15, 0.2) is 10.7 Å². The highest BCUT2D eigenvalue weighted by Crippen LogP contribution is 2.16. The number of benzene rings is 1. The molecule has 0 unspecified atom stereocenters. The predicted molar refractivity (Wildman–Crippen MR) is 93.4 cm³/mol. The van der Waals surface area contributed by atoms with Gasteiger partial charge in [0, 0.05) is 5.56 Å². The van der Waals surface area contributed by atoms with Crippen molar-refractivity contribution in [2.24, 2.45) is 10.1 Å². The normalized spacial score (nSPS) is 12.1. The van der Waals surface area contributed by atoms with Crippen molar-refractivity contribution in [2.75, 3.05) is 12.9 Å². The summed E-state index contributed by atoms with van der Waals surface area (Å²) in [4.78, 5) is 15.4. The van der Waals surface area contributed by atoms with Crippen LogP contribution in [0.25, 0.3) is 0 Å². The van der Waals surface area contributed by atoms with Crippen LogP contribution >= 0.6 is 23.4 Å². The van der Waals surface area contributed by atoms with Gasteiger partial charge in [0.1, 0.15) is 11.9 Å². The summed E-state index contributed by atoms with van der Waals surface area (Å²) in [6.45, 7) is 1.79. The zero-order valence-electron chi connectivity index (χ0n) is 12.9. The molecule has 0 spiro atoms. The number of hydrazone groups is 1. The Kier molecular flexibility index (Phi) is 8.54. The van der Waals surface area contributed by atoms with E-state index in [4.69, 9.17) is 21.6 Å². The van der Waals surface area contributed by atoms with Crippen LogP contribution in [0.4, 0.5) is 4.39 Å². The highest BCUT2D eigenvalue weighted by atomic mass is 35.5. The minimum absolute atomic E-state index is 0.131. The molecule has 9 heteroatoms. The number of hydrogen-bond donors (Lipinski definition) is 1. The lowest BCUT2D eigenvalue weighted by Crippen LogP contribution is -2.14. The third kappa shape index (κ3) is 6.02. The largest absolute Gasteiger partial charge is 0.462 e. The number of aliphatic imine (C=N–C) groups is 1. The third-order valence-corrected chi connectivity index (χ3v) is 3.39. The Morgan fingerprint density at radius 2 is 2.33 bits per heavy atom. The number of rotatable bonds is 5. The topological polar surface area (TPSA) is 86.8 Å². The molecule has 0 atom stereocenters. The molecule has 1 aromatic carbocycles. The summed E-state index contributed by atoms with van der Waals surface area (Å²) in [6.07, 6.45) is 3.99. The van der Waals surface area contributed by atoms with Crippen LogP contribution in [0.2, 0.25) is 5.02 Å². The van der Waals surface area contributed by atoms with Gasteiger partial charge in [0.05, 0.1) is 24.0 Å². The van der Waals surface area contributed by atoms with Crippen LogP contribution in [0.5, 0.6) is 0 Å². The highest BCUT2D eigenvalue weighted by Gasteiger charge is 2.09. The molecule has 0 radical (unpaired) electrons. The number of carbonyl (C=O) groups is 1. The number of nitrogens with one attached hydrogen (secondary N) is 1. The second-order valence-corrected chi connectivity index (χ2v) is 5.22. The summed E-state index contributed by atoms with van der Waals surface area (Å²) in [5.74, 6) is -1.27. The summed E-state index contributed by atoms with van der Waals surface area (Å²) in [6, 6.07) is 5.99. The molecule has 0 saturated heterocycles. The number of amidine groups is 1. The first-order valence-electron chi connectivity index (χ1n) is 6.65. The average molecular weight is 369 g/mol. The number of thioether (sulfide) groups is 1. The minimum atomic E-state index is -0.758. The van der Waals surface area contributed by atoms with E-state index in [0.717, 1.165) is 6.20 Å². The van der Waals surface area contributed by atoms with Gasteiger partial charge in [-0.15, -0.1) is 0 Å². The molecule has 24 heavy (non-hydrogen) atoms. The van der Waals surface area contributed by atoms with E-state index in [2.05, 4.69) is 15.5 Å². The smallest absolute Gasteiger partial charge is 0.350 e. The van der Waals surface area contributed by atoms with Crippen molar-refractivity contribution in [3.63, 3.8) is 0 Å².